The number of nitrogens with one attached hydrogen (secondary N) is 1. The van der Waals surface area contributed by atoms with Gasteiger partial charge < -0.3 is 0 Å². The first-order valence-corrected chi connectivity index (χ1v) is 7.39. The third kappa shape index (κ3) is 2.98. The molecule has 1 atom stereocenters. The quantitative estimate of drug-likeness (QED) is 0.670. The van der Waals surface area contributed by atoms with E-state index in [1.54, 1.807) is 11.3 Å². The van der Waals surface area contributed by atoms with Gasteiger partial charge in [0.25, 0.3) is 0 Å². The van der Waals surface area contributed by atoms with Gasteiger partial charge in [-0.25, -0.2) is 0 Å². The number of hydrogen-bond acceptors (Lipinski definition) is 4. The van der Waals surface area contributed by atoms with E-state index in [4.69, 9.17) is 5.84 Å². The van der Waals surface area contributed by atoms with Crippen LogP contribution in [0.4, 0.5) is 0 Å². The summed E-state index contributed by atoms with van der Waals surface area (Å²) >= 11 is 5.24. The maximum absolute atomic E-state index is 5.68. The van der Waals surface area contributed by atoms with Crippen molar-refractivity contribution in [3.63, 3.8) is 0 Å². The molecular formula is C13H16BrN3S. The van der Waals surface area contributed by atoms with Gasteiger partial charge in [-0.3, -0.25) is 16.3 Å². The lowest BCUT2D eigenvalue weighted by atomic mass is 9.99. The van der Waals surface area contributed by atoms with Crippen molar-refractivity contribution in [3.8, 4) is 0 Å². The Labute approximate surface area is 120 Å². The van der Waals surface area contributed by atoms with Crippen LogP contribution in [0.15, 0.2) is 28.3 Å². The number of benzene rings is 1. The van der Waals surface area contributed by atoms with Gasteiger partial charge in [0.15, 0.2) is 0 Å². The standard InChI is InChI=1S/C13H16BrN3S/c1-8-3-10(4-9(2)13(8)14)12(17-15)5-11-6-16-7-18-11/h3-4,6-7,12,17H,5,15H2,1-2H3. The molecule has 1 unspecified atom stereocenters. The van der Waals surface area contributed by atoms with E-state index in [9.17, 15) is 0 Å². The Morgan fingerprint density at radius 2 is 2.06 bits per heavy atom. The molecule has 1 aromatic heterocycles. The third-order valence-corrected chi connectivity index (χ3v) is 5.00. The van der Waals surface area contributed by atoms with Crippen LogP contribution in [-0.2, 0) is 6.42 Å². The fourth-order valence-electron chi connectivity index (χ4n) is 2.00. The number of rotatable bonds is 4. The summed E-state index contributed by atoms with van der Waals surface area (Å²) in [6.07, 6.45) is 2.76. The summed E-state index contributed by atoms with van der Waals surface area (Å²) in [6, 6.07) is 4.46. The molecule has 2 rings (SSSR count). The smallest absolute Gasteiger partial charge is 0.0794 e. The lowest BCUT2D eigenvalue weighted by Gasteiger charge is -2.17. The molecule has 1 heterocycles. The van der Waals surface area contributed by atoms with Crippen LogP contribution in [0.2, 0.25) is 0 Å². The maximum atomic E-state index is 5.68. The Balaban J connectivity index is 2.27. The van der Waals surface area contributed by atoms with E-state index in [0.29, 0.717) is 0 Å². The van der Waals surface area contributed by atoms with Crippen LogP contribution in [0.1, 0.15) is 27.6 Å². The summed E-state index contributed by atoms with van der Waals surface area (Å²) in [5.74, 6) is 5.68. The molecule has 0 radical (unpaired) electrons. The highest BCUT2D eigenvalue weighted by Gasteiger charge is 2.13. The lowest BCUT2D eigenvalue weighted by molar-refractivity contribution is 0.554. The summed E-state index contributed by atoms with van der Waals surface area (Å²) in [7, 11) is 0. The predicted octanol–water partition coefficient (Wildman–Crippen LogP) is 3.27. The maximum Gasteiger partial charge on any atom is 0.0794 e. The van der Waals surface area contributed by atoms with E-state index in [2.05, 4.69) is 52.3 Å². The zero-order valence-corrected chi connectivity index (χ0v) is 12.8. The molecule has 3 N–H and O–H groups in total. The molecule has 0 spiro atoms. The van der Waals surface area contributed by atoms with Crippen molar-refractivity contribution in [2.45, 2.75) is 26.3 Å². The Kier molecular flexibility index (Phi) is 4.50. The molecule has 3 nitrogen and oxygen atoms in total. The summed E-state index contributed by atoms with van der Waals surface area (Å²) < 4.78 is 1.17. The van der Waals surface area contributed by atoms with Crippen molar-refractivity contribution in [1.29, 1.82) is 0 Å². The molecule has 0 bridgehead atoms. The molecule has 0 aliphatic heterocycles. The predicted molar refractivity (Wildman–Crippen MR) is 79.5 cm³/mol. The first-order valence-electron chi connectivity index (χ1n) is 5.72. The number of hydrogen-bond donors (Lipinski definition) is 2. The van der Waals surface area contributed by atoms with Crippen LogP contribution in [0.25, 0.3) is 0 Å². The molecule has 5 heteroatoms. The van der Waals surface area contributed by atoms with Crippen molar-refractivity contribution in [2.24, 2.45) is 5.84 Å². The van der Waals surface area contributed by atoms with Crippen LogP contribution >= 0.6 is 27.3 Å². The van der Waals surface area contributed by atoms with Gasteiger partial charge in [-0.1, -0.05) is 28.1 Å². The van der Waals surface area contributed by atoms with Gasteiger partial charge in [-0.15, -0.1) is 11.3 Å². The van der Waals surface area contributed by atoms with E-state index >= 15 is 0 Å². The fourth-order valence-corrected chi connectivity index (χ4v) is 2.87. The fraction of sp³-hybridized carbons (Fsp3) is 0.308. The van der Waals surface area contributed by atoms with Crippen molar-refractivity contribution in [2.75, 3.05) is 0 Å². The molecule has 0 saturated carbocycles. The molecular weight excluding hydrogens is 310 g/mol. The van der Waals surface area contributed by atoms with Gasteiger partial charge in [0.1, 0.15) is 0 Å². The highest BCUT2D eigenvalue weighted by atomic mass is 79.9. The van der Waals surface area contributed by atoms with Gasteiger partial charge in [0.05, 0.1) is 11.6 Å². The number of nitrogens with two attached hydrogens (primary N) is 1. The minimum Gasteiger partial charge on any atom is -0.271 e. The summed E-state index contributed by atoms with van der Waals surface area (Å²) in [5.41, 5.74) is 8.42. The summed E-state index contributed by atoms with van der Waals surface area (Å²) in [6.45, 7) is 4.20. The molecule has 96 valence electrons. The number of aryl methyl sites for hydroxylation is 2. The number of nitrogens with zero attached hydrogens (tertiary/aromatic N) is 1. The number of halogens is 1. The van der Waals surface area contributed by atoms with Crippen LogP contribution < -0.4 is 11.3 Å². The Morgan fingerprint density at radius 3 is 2.56 bits per heavy atom. The summed E-state index contributed by atoms with van der Waals surface area (Å²) in [4.78, 5) is 5.33. The SMILES string of the molecule is Cc1cc(C(Cc2cncs2)NN)cc(C)c1Br. The first kappa shape index (κ1) is 13.7. The molecule has 0 aliphatic carbocycles. The molecule has 2 aromatic rings. The summed E-state index contributed by atoms with van der Waals surface area (Å²) in [5, 5.41) is 0. The van der Waals surface area contributed by atoms with E-state index in [0.717, 1.165) is 6.42 Å². The first-order chi connectivity index (χ1) is 8.61. The van der Waals surface area contributed by atoms with E-state index in [-0.39, 0.29) is 6.04 Å². The van der Waals surface area contributed by atoms with Gasteiger partial charge in [-0.2, -0.15) is 0 Å². The molecule has 0 amide bonds. The molecule has 0 aliphatic rings. The van der Waals surface area contributed by atoms with Gasteiger partial charge in [-0.05, 0) is 30.5 Å². The average molecular weight is 326 g/mol. The highest BCUT2D eigenvalue weighted by Crippen LogP contribution is 2.27. The van der Waals surface area contributed by atoms with Crippen molar-refractivity contribution in [3.05, 3.63) is 49.9 Å². The normalized spacial score (nSPS) is 12.7. The van der Waals surface area contributed by atoms with Crippen molar-refractivity contribution >= 4 is 27.3 Å². The highest BCUT2D eigenvalue weighted by molar-refractivity contribution is 9.10. The van der Waals surface area contributed by atoms with Crippen LogP contribution in [0.3, 0.4) is 0 Å². The van der Waals surface area contributed by atoms with Crippen LogP contribution in [-0.4, -0.2) is 4.98 Å². The Hall–Kier alpha value is -0.750. The van der Waals surface area contributed by atoms with Crippen LogP contribution in [0, 0.1) is 13.8 Å². The molecule has 18 heavy (non-hydrogen) atoms. The molecule has 1 aromatic carbocycles. The van der Waals surface area contributed by atoms with E-state index in [1.807, 2.05) is 11.7 Å². The number of thiazole rings is 1. The second-order valence-electron chi connectivity index (χ2n) is 4.36. The lowest BCUT2D eigenvalue weighted by Crippen LogP contribution is -2.29. The van der Waals surface area contributed by atoms with Gasteiger partial charge in [0, 0.05) is 22.0 Å². The molecule has 0 saturated heterocycles. The Morgan fingerprint density at radius 1 is 1.39 bits per heavy atom. The van der Waals surface area contributed by atoms with Crippen molar-refractivity contribution < 1.29 is 0 Å². The minimum atomic E-state index is 0.121. The number of hydrazine groups is 1. The third-order valence-electron chi connectivity index (χ3n) is 2.95. The van der Waals surface area contributed by atoms with E-state index < -0.39 is 0 Å². The monoisotopic (exact) mass is 325 g/mol. The van der Waals surface area contributed by atoms with E-state index in [1.165, 1.54) is 26.0 Å². The average Bonchev–Trinajstić information content (AvgIpc) is 2.85. The topological polar surface area (TPSA) is 50.9 Å². The largest absolute Gasteiger partial charge is 0.271 e. The second kappa shape index (κ2) is 5.93. The Bertz CT molecular complexity index is 502. The minimum absolute atomic E-state index is 0.121. The van der Waals surface area contributed by atoms with Gasteiger partial charge >= 0.3 is 0 Å². The zero-order chi connectivity index (χ0) is 13.1. The van der Waals surface area contributed by atoms with Gasteiger partial charge in [0.2, 0.25) is 0 Å². The van der Waals surface area contributed by atoms with Crippen molar-refractivity contribution in [1.82, 2.24) is 10.4 Å². The number of aromatic nitrogens is 1. The second-order valence-corrected chi connectivity index (χ2v) is 6.12. The zero-order valence-electron chi connectivity index (χ0n) is 10.4. The molecule has 0 fully saturated rings. The van der Waals surface area contributed by atoms with Crippen LogP contribution in [0.5, 0.6) is 0 Å².